The molecule has 0 saturated carbocycles. The number of benzene rings is 1. The average Bonchev–Trinajstić information content (AvgIpc) is 2.93. The molecule has 7 nitrogen and oxygen atoms in total. The molecular weight excluding hydrogens is 356 g/mol. The van der Waals surface area contributed by atoms with E-state index in [1.807, 2.05) is 25.1 Å². The van der Waals surface area contributed by atoms with E-state index in [4.69, 9.17) is 9.47 Å². The Morgan fingerprint density at radius 2 is 2.04 bits per heavy atom. The zero-order chi connectivity index (χ0) is 19.5. The highest BCUT2D eigenvalue weighted by Crippen LogP contribution is 2.22. The van der Waals surface area contributed by atoms with Crippen molar-refractivity contribution in [2.24, 2.45) is 5.92 Å². The number of aryl methyl sites for hydroxylation is 1. The van der Waals surface area contributed by atoms with Crippen LogP contribution in [0.5, 0.6) is 5.75 Å². The van der Waals surface area contributed by atoms with E-state index in [1.165, 1.54) is 18.4 Å². The molecule has 0 spiro atoms. The molecule has 1 fully saturated rings. The number of hydrogen-bond acceptors (Lipinski definition) is 5. The predicted molar refractivity (Wildman–Crippen MR) is 99.6 cm³/mol. The second-order valence-corrected chi connectivity index (χ2v) is 9.59. The lowest BCUT2D eigenvalue weighted by atomic mass is 10.0. The number of nitrogens with one attached hydrogen (secondary N) is 1. The van der Waals surface area contributed by atoms with Crippen molar-refractivity contribution in [2.45, 2.75) is 32.4 Å². The quantitative estimate of drug-likeness (QED) is 0.763. The summed E-state index contributed by atoms with van der Waals surface area (Å²) in [5, 5.41) is 2.89. The van der Waals surface area contributed by atoms with Crippen molar-refractivity contribution in [3.63, 3.8) is 0 Å². The summed E-state index contributed by atoms with van der Waals surface area (Å²) in [6, 6.07) is 7.11. The van der Waals surface area contributed by atoms with Gasteiger partial charge in [0.25, 0.3) is 5.91 Å². The average molecular weight is 384 g/mol. The van der Waals surface area contributed by atoms with E-state index in [-0.39, 0.29) is 23.6 Å². The third-order valence-corrected chi connectivity index (χ3v) is 6.37. The van der Waals surface area contributed by atoms with Gasteiger partial charge in [0.1, 0.15) is 5.75 Å². The van der Waals surface area contributed by atoms with Crippen molar-refractivity contribution in [1.82, 2.24) is 9.62 Å². The van der Waals surface area contributed by atoms with E-state index in [0.29, 0.717) is 19.0 Å². The molecule has 2 atom stereocenters. The van der Waals surface area contributed by atoms with Gasteiger partial charge < -0.3 is 14.8 Å². The Kier molecular flexibility index (Phi) is 6.31. The van der Waals surface area contributed by atoms with Gasteiger partial charge >= 0.3 is 0 Å². The van der Waals surface area contributed by atoms with Gasteiger partial charge in [-0.25, -0.2) is 12.7 Å². The van der Waals surface area contributed by atoms with Crippen molar-refractivity contribution in [3.05, 3.63) is 29.8 Å². The summed E-state index contributed by atoms with van der Waals surface area (Å²) in [5.74, 6) is -0.0492. The third-order valence-electron chi connectivity index (χ3n) is 4.41. The molecule has 0 unspecified atom stereocenters. The number of hydrogen-bond donors (Lipinski definition) is 1. The topological polar surface area (TPSA) is 84.9 Å². The van der Waals surface area contributed by atoms with Crippen LogP contribution in [0, 0.1) is 12.8 Å². The predicted octanol–water partition coefficient (Wildman–Crippen LogP) is 1.18. The smallest absolute Gasteiger partial charge is 0.263 e. The minimum absolute atomic E-state index is 0.0654. The molecule has 0 bridgehead atoms. The highest BCUT2D eigenvalue weighted by atomic mass is 32.2. The molecule has 1 saturated heterocycles. The fourth-order valence-electron chi connectivity index (χ4n) is 2.70. The number of rotatable bonds is 7. The van der Waals surface area contributed by atoms with Crippen LogP contribution < -0.4 is 10.1 Å². The molecule has 0 aliphatic carbocycles. The van der Waals surface area contributed by atoms with E-state index < -0.39 is 15.6 Å². The first-order chi connectivity index (χ1) is 12.0. The SMILES string of the molecule is Cc1cccc(OC(C)(C)C(=O)N[C@@H]2COC[C@H]2CS(=O)(=O)N(C)C)c1. The van der Waals surface area contributed by atoms with Crippen LogP contribution in [0.15, 0.2) is 24.3 Å². The summed E-state index contributed by atoms with van der Waals surface area (Å²) in [5.41, 5.74) is -0.0571. The summed E-state index contributed by atoms with van der Waals surface area (Å²) in [6.45, 7) is 5.92. The number of nitrogens with zero attached hydrogens (tertiary/aromatic N) is 1. The maximum absolute atomic E-state index is 12.7. The lowest BCUT2D eigenvalue weighted by Gasteiger charge is -2.28. The van der Waals surface area contributed by atoms with E-state index >= 15 is 0 Å². The van der Waals surface area contributed by atoms with Gasteiger partial charge in [-0.15, -0.1) is 0 Å². The van der Waals surface area contributed by atoms with Crippen LogP contribution in [0.3, 0.4) is 0 Å². The monoisotopic (exact) mass is 384 g/mol. The molecule has 2 rings (SSSR count). The molecule has 1 aliphatic rings. The standard InChI is InChI=1S/C18H28N2O5S/c1-13-7-6-8-15(9-13)25-18(2,3)17(21)19-16-11-24-10-14(16)12-26(22,23)20(4)5/h6-9,14,16H,10-12H2,1-5H3,(H,19,21)/t14-,16+/m0/s1. The van der Waals surface area contributed by atoms with Gasteiger partial charge in [0.2, 0.25) is 10.0 Å². The van der Waals surface area contributed by atoms with Gasteiger partial charge in [0, 0.05) is 20.0 Å². The number of carbonyl (C=O) groups excluding carboxylic acids is 1. The van der Waals surface area contributed by atoms with Gasteiger partial charge in [-0.3, -0.25) is 4.79 Å². The first-order valence-electron chi connectivity index (χ1n) is 8.56. The minimum atomic E-state index is -3.37. The van der Waals surface area contributed by atoms with Crippen LogP contribution in [0.25, 0.3) is 0 Å². The van der Waals surface area contributed by atoms with Crippen LogP contribution in [0.2, 0.25) is 0 Å². The first kappa shape index (κ1) is 20.7. The number of sulfonamides is 1. The van der Waals surface area contributed by atoms with E-state index in [0.717, 1.165) is 5.56 Å². The number of carbonyl (C=O) groups is 1. The molecule has 1 heterocycles. The second-order valence-electron chi connectivity index (χ2n) is 7.37. The summed E-state index contributed by atoms with van der Waals surface area (Å²) in [6.07, 6.45) is 0. The van der Waals surface area contributed by atoms with Crippen molar-refractivity contribution in [2.75, 3.05) is 33.1 Å². The van der Waals surface area contributed by atoms with Gasteiger partial charge in [0.15, 0.2) is 5.60 Å². The molecule has 1 aromatic rings. The summed E-state index contributed by atoms with van der Waals surface area (Å²) in [7, 11) is -0.373. The fraction of sp³-hybridized carbons (Fsp3) is 0.611. The highest BCUT2D eigenvalue weighted by Gasteiger charge is 2.38. The Balaban J connectivity index is 2.02. The van der Waals surface area contributed by atoms with Crippen LogP contribution in [0.1, 0.15) is 19.4 Å². The zero-order valence-corrected chi connectivity index (χ0v) is 16.8. The Morgan fingerprint density at radius 1 is 1.35 bits per heavy atom. The molecule has 0 aromatic heterocycles. The Hall–Kier alpha value is -1.64. The number of ether oxygens (including phenoxy) is 2. The largest absolute Gasteiger partial charge is 0.478 e. The molecule has 0 radical (unpaired) electrons. The molecule has 8 heteroatoms. The maximum atomic E-state index is 12.7. The molecule has 1 N–H and O–H groups in total. The van der Waals surface area contributed by atoms with Crippen molar-refractivity contribution in [3.8, 4) is 5.75 Å². The normalized spacial score (nSPS) is 21.0. The molecular formula is C18H28N2O5S. The first-order valence-corrected chi connectivity index (χ1v) is 10.2. The lowest BCUT2D eigenvalue weighted by Crippen LogP contribution is -2.52. The van der Waals surface area contributed by atoms with Crippen LogP contribution >= 0.6 is 0 Å². The van der Waals surface area contributed by atoms with Crippen LogP contribution in [0.4, 0.5) is 0 Å². The van der Waals surface area contributed by atoms with Crippen LogP contribution in [-0.2, 0) is 19.6 Å². The maximum Gasteiger partial charge on any atom is 0.263 e. The van der Waals surface area contributed by atoms with E-state index in [9.17, 15) is 13.2 Å². The molecule has 146 valence electrons. The number of amides is 1. The lowest BCUT2D eigenvalue weighted by molar-refractivity contribution is -0.135. The van der Waals surface area contributed by atoms with Crippen molar-refractivity contribution in [1.29, 1.82) is 0 Å². The summed E-state index contributed by atoms with van der Waals surface area (Å²) < 4.78 is 36.7. The van der Waals surface area contributed by atoms with Crippen molar-refractivity contribution < 1.29 is 22.7 Å². The van der Waals surface area contributed by atoms with E-state index in [1.54, 1.807) is 19.9 Å². The van der Waals surface area contributed by atoms with Crippen LogP contribution in [-0.4, -0.2) is 63.3 Å². The van der Waals surface area contributed by atoms with Crippen molar-refractivity contribution >= 4 is 15.9 Å². The molecule has 1 aliphatic heterocycles. The minimum Gasteiger partial charge on any atom is -0.478 e. The molecule has 26 heavy (non-hydrogen) atoms. The summed E-state index contributed by atoms with van der Waals surface area (Å²) >= 11 is 0. The Labute approximate surface area is 155 Å². The highest BCUT2D eigenvalue weighted by molar-refractivity contribution is 7.89. The Bertz CT molecular complexity index is 746. The van der Waals surface area contributed by atoms with Gasteiger partial charge in [-0.2, -0.15) is 0 Å². The molecule has 1 amide bonds. The van der Waals surface area contributed by atoms with Gasteiger partial charge in [-0.05, 0) is 38.5 Å². The summed E-state index contributed by atoms with van der Waals surface area (Å²) in [4.78, 5) is 12.7. The second kappa shape index (κ2) is 7.94. The molecule has 1 aromatic carbocycles. The Morgan fingerprint density at radius 3 is 2.65 bits per heavy atom. The zero-order valence-electron chi connectivity index (χ0n) is 16.0. The van der Waals surface area contributed by atoms with Gasteiger partial charge in [-0.1, -0.05) is 12.1 Å². The van der Waals surface area contributed by atoms with E-state index in [2.05, 4.69) is 5.32 Å². The third kappa shape index (κ3) is 5.18. The van der Waals surface area contributed by atoms with Gasteiger partial charge in [0.05, 0.1) is 25.0 Å². The fourth-order valence-corrected chi connectivity index (χ4v) is 3.87.